The molecule has 7 nitrogen and oxygen atoms in total. The first-order valence-electron chi connectivity index (χ1n) is 7.24. The number of anilines is 1. The van der Waals surface area contributed by atoms with Gasteiger partial charge in [-0.25, -0.2) is 4.98 Å². The van der Waals surface area contributed by atoms with Crippen molar-refractivity contribution in [3.8, 4) is 0 Å². The van der Waals surface area contributed by atoms with E-state index >= 15 is 0 Å². The summed E-state index contributed by atoms with van der Waals surface area (Å²) < 4.78 is 0. The van der Waals surface area contributed by atoms with Crippen molar-refractivity contribution in [1.82, 2.24) is 19.8 Å². The van der Waals surface area contributed by atoms with Gasteiger partial charge < -0.3 is 15.1 Å². The van der Waals surface area contributed by atoms with Crippen molar-refractivity contribution in [1.29, 1.82) is 0 Å². The molecule has 0 bridgehead atoms. The molecule has 1 saturated heterocycles. The molecule has 0 atom stereocenters. The predicted octanol–water partition coefficient (Wildman–Crippen LogP) is 0.489. The summed E-state index contributed by atoms with van der Waals surface area (Å²) in [7, 11) is 0. The monoisotopic (exact) mass is 291 g/mol. The lowest BCUT2D eigenvalue weighted by atomic mass is 10.2. The third-order valence-corrected chi connectivity index (χ3v) is 3.27. The molecule has 0 saturated carbocycles. The standard InChI is InChI=1S/C14H21N5O2/c1-3-5-18-9-14(21)19(10-13(18)20)8-11-6-17-12(7-16-11)15-4-2/h6-7H,3-5,8-10H2,1-2H3,(H,15,17). The van der Waals surface area contributed by atoms with Crippen LogP contribution in [0.15, 0.2) is 12.4 Å². The van der Waals surface area contributed by atoms with Gasteiger partial charge in [-0.2, -0.15) is 0 Å². The zero-order valence-electron chi connectivity index (χ0n) is 12.5. The number of nitrogens with zero attached hydrogens (tertiary/aromatic N) is 4. The number of carbonyl (C=O) groups is 2. The Bertz CT molecular complexity index is 503. The van der Waals surface area contributed by atoms with E-state index in [1.54, 1.807) is 17.3 Å². The van der Waals surface area contributed by atoms with Crippen molar-refractivity contribution in [3.05, 3.63) is 18.1 Å². The molecule has 0 spiro atoms. The summed E-state index contributed by atoms with van der Waals surface area (Å²) in [6.45, 7) is 5.99. The van der Waals surface area contributed by atoms with Crippen LogP contribution in [0, 0.1) is 0 Å². The van der Waals surface area contributed by atoms with Crippen molar-refractivity contribution < 1.29 is 9.59 Å². The van der Waals surface area contributed by atoms with E-state index in [0.29, 0.717) is 24.6 Å². The van der Waals surface area contributed by atoms with E-state index < -0.39 is 0 Å². The Morgan fingerprint density at radius 1 is 1.10 bits per heavy atom. The van der Waals surface area contributed by atoms with E-state index in [0.717, 1.165) is 13.0 Å². The van der Waals surface area contributed by atoms with Crippen LogP contribution in [0.2, 0.25) is 0 Å². The first kappa shape index (κ1) is 15.2. The van der Waals surface area contributed by atoms with Gasteiger partial charge in [0, 0.05) is 13.1 Å². The van der Waals surface area contributed by atoms with Crippen LogP contribution in [-0.4, -0.2) is 57.8 Å². The van der Waals surface area contributed by atoms with Crippen LogP contribution in [0.25, 0.3) is 0 Å². The maximum atomic E-state index is 12.1. The Morgan fingerprint density at radius 3 is 2.43 bits per heavy atom. The summed E-state index contributed by atoms with van der Waals surface area (Å²) >= 11 is 0. The Kier molecular flexibility index (Phi) is 5.08. The van der Waals surface area contributed by atoms with E-state index in [-0.39, 0.29) is 24.9 Å². The smallest absolute Gasteiger partial charge is 0.243 e. The first-order valence-corrected chi connectivity index (χ1v) is 7.24. The van der Waals surface area contributed by atoms with E-state index in [4.69, 9.17) is 0 Å². The number of carbonyl (C=O) groups excluding carboxylic acids is 2. The summed E-state index contributed by atoms with van der Waals surface area (Å²) in [4.78, 5) is 35.6. The fraction of sp³-hybridized carbons (Fsp3) is 0.571. The highest BCUT2D eigenvalue weighted by molar-refractivity contribution is 5.92. The second-order valence-electron chi connectivity index (χ2n) is 4.99. The highest BCUT2D eigenvalue weighted by Gasteiger charge is 2.29. The lowest BCUT2D eigenvalue weighted by Crippen LogP contribution is -2.53. The molecular weight excluding hydrogens is 270 g/mol. The van der Waals surface area contributed by atoms with Crippen molar-refractivity contribution >= 4 is 17.6 Å². The first-order chi connectivity index (χ1) is 10.1. The number of piperazine rings is 1. The molecule has 2 rings (SSSR count). The number of hydrogen-bond donors (Lipinski definition) is 1. The molecule has 1 aliphatic rings. The molecule has 1 aromatic heterocycles. The summed E-state index contributed by atoms with van der Waals surface area (Å²) in [5.41, 5.74) is 0.682. The summed E-state index contributed by atoms with van der Waals surface area (Å²) in [5, 5.41) is 3.06. The minimum atomic E-state index is -0.0411. The van der Waals surface area contributed by atoms with E-state index in [1.165, 1.54) is 4.90 Å². The van der Waals surface area contributed by atoms with Crippen molar-refractivity contribution in [3.63, 3.8) is 0 Å². The minimum Gasteiger partial charge on any atom is -0.369 e. The van der Waals surface area contributed by atoms with Gasteiger partial charge in [0.2, 0.25) is 11.8 Å². The topological polar surface area (TPSA) is 78.4 Å². The van der Waals surface area contributed by atoms with Gasteiger partial charge in [0.1, 0.15) is 12.4 Å². The van der Waals surface area contributed by atoms with E-state index in [2.05, 4.69) is 15.3 Å². The molecule has 1 N–H and O–H groups in total. The molecule has 1 aliphatic heterocycles. The molecule has 0 unspecified atom stereocenters. The molecule has 7 heteroatoms. The predicted molar refractivity (Wildman–Crippen MR) is 78.5 cm³/mol. The van der Waals surface area contributed by atoms with Gasteiger partial charge in [-0.1, -0.05) is 6.92 Å². The number of hydrogen-bond acceptors (Lipinski definition) is 5. The van der Waals surface area contributed by atoms with E-state index in [9.17, 15) is 9.59 Å². The van der Waals surface area contributed by atoms with Crippen LogP contribution in [0.3, 0.4) is 0 Å². The molecule has 1 fully saturated rings. The highest BCUT2D eigenvalue weighted by Crippen LogP contribution is 2.10. The Labute approximate surface area is 124 Å². The van der Waals surface area contributed by atoms with Gasteiger partial charge in [-0.15, -0.1) is 0 Å². The highest BCUT2D eigenvalue weighted by atomic mass is 16.2. The molecule has 21 heavy (non-hydrogen) atoms. The maximum absolute atomic E-state index is 12.1. The van der Waals surface area contributed by atoms with Crippen LogP contribution in [0.1, 0.15) is 26.0 Å². The van der Waals surface area contributed by atoms with Crippen LogP contribution >= 0.6 is 0 Å². The van der Waals surface area contributed by atoms with Crippen LogP contribution in [0.4, 0.5) is 5.82 Å². The van der Waals surface area contributed by atoms with Gasteiger partial charge >= 0.3 is 0 Å². The zero-order valence-corrected chi connectivity index (χ0v) is 12.5. The minimum absolute atomic E-state index is 0.00585. The quantitative estimate of drug-likeness (QED) is 0.825. The normalized spacial score (nSPS) is 15.5. The van der Waals surface area contributed by atoms with Crippen molar-refractivity contribution in [2.45, 2.75) is 26.8 Å². The molecular formula is C14H21N5O2. The van der Waals surface area contributed by atoms with Gasteiger partial charge in [-0.05, 0) is 13.3 Å². The van der Waals surface area contributed by atoms with Crippen molar-refractivity contribution in [2.75, 3.05) is 31.5 Å². The average Bonchev–Trinajstić information content (AvgIpc) is 2.47. The number of amides is 2. The number of nitrogens with one attached hydrogen (secondary N) is 1. The van der Waals surface area contributed by atoms with E-state index in [1.807, 2.05) is 13.8 Å². The summed E-state index contributed by atoms with van der Waals surface area (Å²) in [6.07, 6.45) is 4.13. The zero-order chi connectivity index (χ0) is 15.2. The second-order valence-corrected chi connectivity index (χ2v) is 4.99. The summed E-state index contributed by atoms with van der Waals surface area (Å²) in [5.74, 6) is 0.658. The Hall–Kier alpha value is -2.18. The molecule has 2 heterocycles. The average molecular weight is 291 g/mol. The Balaban J connectivity index is 1.96. The van der Waals surface area contributed by atoms with Crippen molar-refractivity contribution in [2.24, 2.45) is 0 Å². The second kappa shape index (κ2) is 7.01. The van der Waals surface area contributed by atoms with Gasteiger partial charge in [0.25, 0.3) is 0 Å². The summed E-state index contributed by atoms with van der Waals surface area (Å²) in [6, 6.07) is 0. The molecule has 0 radical (unpaired) electrons. The number of aromatic nitrogens is 2. The largest absolute Gasteiger partial charge is 0.369 e. The molecule has 1 aromatic rings. The molecule has 0 aromatic carbocycles. The molecule has 2 amide bonds. The molecule has 114 valence electrons. The maximum Gasteiger partial charge on any atom is 0.243 e. The molecule has 0 aliphatic carbocycles. The van der Waals surface area contributed by atoms with Crippen LogP contribution in [0.5, 0.6) is 0 Å². The van der Waals surface area contributed by atoms with Crippen LogP contribution < -0.4 is 5.32 Å². The third-order valence-electron chi connectivity index (χ3n) is 3.27. The SMILES string of the molecule is CCCN1CC(=O)N(Cc2cnc(NCC)cn2)CC1=O. The van der Waals surface area contributed by atoms with Gasteiger partial charge in [0.15, 0.2) is 0 Å². The lowest BCUT2D eigenvalue weighted by molar-refractivity contribution is -0.150. The van der Waals surface area contributed by atoms with Gasteiger partial charge in [-0.3, -0.25) is 14.6 Å². The third kappa shape index (κ3) is 3.90. The van der Waals surface area contributed by atoms with Crippen LogP contribution in [-0.2, 0) is 16.1 Å². The Morgan fingerprint density at radius 2 is 1.81 bits per heavy atom. The van der Waals surface area contributed by atoms with Gasteiger partial charge in [0.05, 0.1) is 31.2 Å². The fourth-order valence-corrected chi connectivity index (χ4v) is 2.23. The number of rotatable bonds is 6. The fourth-order valence-electron chi connectivity index (χ4n) is 2.23. The lowest BCUT2D eigenvalue weighted by Gasteiger charge is -2.33.